The van der Waals surface area contributed by atoms with Crippen LogP contribution in [0.5, 0.6) is 6.01 Å². The standard InChI is InChI=1S/C10H16N2O/c1-10(2,3)5-8-6-11-9(13-4)12-7-8/h6-7H,5H2,1-4H3. The lowest BCUT2D eigenvalue weighted by Crippen LogP contribution is -2.09. The minimum absolute atomic E-state index is 0.276. The van der Waals surface area contributed by atoms with Crippen LogP contribution in [0.2, 0.25) is 0 Å². The lowest BCUT2D eigenvalue weighted by Gasteiger charge is -2.17. The van der Waals surface area contributed by atoms with E-state index in [1.54, 1.807) is 7.11 Å². The predicted octanol–water partition coefficient (Wildman–Crippen LogP) is 2.07. The van der Waals surface area contributed by atoms with Gasteiger partial charge < -0.3 is 4.74 Å². The Kier molecular flexibility index (Phi) is 2.86. The van der Waals surface area contributed by atoms with Crippen molar-refractivity contribution >= 4 is 0 Å². The van der Waals surface area contributed by atoms with Crippen molar-refractivity contribution in [3.8, 4) is 6.01 Å². The molecule has 0 saturated carbocycles. The van der Waals surface area contributed by atoms with Crippen LogP contribution < -0.4 is 4.74 Å². The third-order valence-electron chi connectivity index (χ3n) is 1.60. The van der Waals surface area contributed by atoms with E-state index in [-0.39, 0.29) is 5.41 Å². The van der Waals surface area contributed by atoms with Gasteiger partial charge in [-0.15, -0.1) is 0 Å². The molecule has 3 nitrogen and oxygen atoms in total. The number of aromatic nitrogens is 2. The Balaban J connectivity index is 2.70. The molecule has 1 heterocycles. The van der Waals surface area contributed by atoms with E-state index in [9.17, 15) is 0 Å². The fourth-order valence-electron chi connectivity index (χ4n) is 1.15. The summed E-state index contributed by atoms with van der Waals surface area (Å²) in [5.74, 6) is 0. The molecule has 0 atom stereocenters. The summed E-state index contributed by atoms with van der Waals surface area (Å²) in [5, 5.41) is 0. The molecular weight excluding hydrogens is 164 g/mol. The molecule has 0 aliphatic heterocycles. The van der Waals surface area contributed by atoms with Crippen LogP contribution in [0.25, 0.3) is 0 Å². The molecule has 0 unspecified atom stereocenters. The van der Waals surface area contributed by atoms with Crippen molar-refractivity contribution < 1.29 is 4.74 Å². The van der Waals surface area contributed by atoms with Gasteiger partial charge in [-0.1, -0.05) is 20.8 Å². The van der Waals surface area contributed by atoms with E-state index in [0.29, 0.717) is 6.01 Å². The molecule has 0 radical (unpaired) electrons. The van der Waals surface area contributed by atoms with Crippen molar-refractivity contribution in [1.29, 1.82) is 0 Å². The first-order valence-electron chi connectivity index (χ1n) is 4.36. The molecule has 0 amide bonds. The first-order valence-corrected chi connectivity index (χ1v) is 4.36. The second-order valence-corrected chi connectivity index (χ2v) is 4.32. The highest BCUT2D eigenvalue weighted by Gasteiger charge is 2.11. The van der Waals surface area contributed by atoms with Crippen LogP contribution in [0.15, 0.2) is 12.4 Å². The van der Waals surface area contributed by atoms with Crippen LogP contribution in [0.1, 0.15) is 26.3 Å². The summed E-state index contributed by atoms with van der Waals surface area (Å²) < 4.78 is 4.88. The molecule has 0 spiro atoms. The van der Waals surface area contributed by atoms with Crippen molar-refractivity contribution in [2.75, 3.05) is 7.11 Å². The molecule has 3 heteroatoms. The largest absolute Gasteiger partial charge is 0.467 e. The van der Waals surface area contributed by atoms with Gasteiger partial charge in [-0.2, -0.15) is 0 Å². The molecular formula is C10H16N2O. The first-order chi connectivity index (χ1) is 6.01. The summed E-state index contributed by atoms with van der Waals surface area (Å²) in [5.41, 5.74) is 1.42. The average molecular weight is 180 g/mol. The number of nitrogens with zero attached hydrogens (tertiary/aromatic N) is 2. The molecule has 1 aromatic rings. The fourth-order valence-corrected chi connectivity index (χ4v) is 1.15. The van der Waals surface area contributed by atoms with Crippen LogP contribution >= 0.6 is 0 Å². The molecule has 0 N–H and O–H groups in total. The van der Waals surface area contributed by atoms with Crippen molar-refractivity contribution in [3.05, 3.63) is 18.0 Å². The van der Waals surface area contributed by atoms with E-state index in [0.717, 1.165) is 12.0 Å². The SMILES string of the molecule is COc1ncc(CC(C)(C)C)cn1. The summed E-state index contributed by atoms with van der Waals surface area (Å²) in [4.78, 5) is 8.10. The van der Waals surface area contributed by atoms with E-state index in [2.05, 4.69) is 30.7 Å². The zero-order chi connectivity index (χ0) is 9.90. The topological polar surface area (TPSA) is 35.0 Å². The van der Waals surface area contributed by atoms with Gasteiger partial charge in [-0.25, -0.2) is 9.97 Å². The maximum atomic E-state index is 4.88. The molecule has 13 heavy (non-hydrogen) atoms. The molecule has 0 aromatic carbocycles. The molecule has 0 aliphatic rings. The van der Waals surface area contributed by atoms with Crippen molar-refractivity contribution in [2.24, 2.45) is 5.41 Å². The lowest BCUT2D eigenvalue weighted by molar-refractivity contribution is 0.375. The first kappa shape index (κ1) is 9.96. The number of methoxy groups -OCH3 is 1. The second-order valence-electron chi connectivity index (χ2n) is 4.32. The van der Waals surface area contributed by atoms with Crippen LogP contribution in [-0.2, 0) is 6.42 Å². The van der Waals surface area contributed by atoms with Crippen LogP contribution in [0, 0.1) is 5.41 Å². The molecule has 0 saturated heterocycles. The van der Waals surface area contributed by atoms with E-state index in [4.69, 9.17) is 4.74 Å². The normalized spacial score (nSPS) is 11.4. The summed E-state index contributed by atoms with van der Waals surface area (Å²) in [6.45, 7) is 6.58. The Bertz CT molecular complexity index is 261. The maximum absolute atomic E-state index is 4.88. The van der Waals surface area contributed by atoms with E-state index < -0.39 is 0 Å². The Morgan fingerprint density at radius 1 is 1.23 bits per heavy atom. The fraction of sp³-hybridized carbons (Fsp3) is 0.600. The second kappa shape index (κ2) is 3.73. The van der Waals surface area contributed by atoms with Gasteiger partial charge in [-0.05, 0) is 17.4 Å². The van der Waals surface area contributed by atoms with Crippen molar-refractivity contribution in [2.45, 2.75) is 27.2 Å². The van der Waals surface area contributed by atoms with Gasteiger partial charge in [0.05, 0.1) is 7.11 Å². The van der Waals surface area contributed by atoms with Gasteiger partial charge in [0.15, 0.2) is 0 Å². The van der Waals surface area contributed by atoms with Crippen molar-refractivity contribution in [1.82, 2.24) is 9.97 Å². The smallest absolute Gasteiger partial charge is 0.316 e. The highest BCUT2D eigenvalue weighted by atomic mass is 16.5. The Hall–Kier alpha value is -1.12. The summed E-state index contributed by atoms with van der Waals surface area (Å²) in [7, 11) is 1.57. The minimum atomic E-state index is 0.276. The Labute approximate surface area is 79.2 Å². The summed E-state index contributed by atoms with van der Waals surface area (Å²) in [6, 6.07) is 0.428. The van der Waals surface area contributed by atoms with Crippen LogP contribution in [0.3, 0.4) is 0 Å². The molecule has 0 bridgehead atoms. The number of hydrogen-bond acceptors (Lipinski definition) is 3. The highest BCUT2D eigenvalue weighted by Crippen LogP contribution is 2.19. The third kappa shape index (κ3) is 3.40. The summed E-state index contributed by atoms with van der Waals surface area (Å²) in [6.07, 6.45) is 4.62. The van der Waals surface area contributed by atoms with Gasteiger partial charge in [0.1, 0.15) is 0 Å². The predicted molar refractivity (Wildman–Crippen MR) is 51.7 cm³/mol. The van der Waals surface area contributed by atoms with Gasteiger partial charge in [0.2, 0.25) is 0 Å². The number of hydrogen-bond donors (Lipinski definition) is 0. The van der Waals surface area contributed by atoms with Gasteiger partial charge in [0, 0.05) is 12.4 Å². The maximum Gasteiger partial charge on any atom is 0.316 e. The number of rotatable bonds is 2. The molecule has 1 rings (SSSR count). The highest BCUT2D eigenvalue weighted by molar-refractivity contribution is 5.09. The molecule has 1 aromatic heterocycles. The Morgan fingerprint density at radius 2 is 1.77 bits per heavy atom. The monoisotopic (exact) mass is 180 g/mol. The molecule has 72 valence electrons. The van der Waals surface area contributed by atoms with Gasteiger partial charge in [-0.3, -0.25) is 0 Å². The molecule has 0 fully saturated rings. The van der Waals surface area contributed by atoms with E-state index in [1.807, 2.05) is 12.4 Å². The van der Waals surface area contributed by atoms with Crippen LogP contribution in [0.4, 0.5) is 0 Å². The number of ether oxygens (including phenoxy) is 1. The van der Waals surface area contributed by atoms with Crippen molar-refractivity contribution in [3.63, 3.8) is 0 Å². The van der Waals surface area contributed by atoms with E-state index in [1.165, 1.54) is 0 Å². The lowest BCUT2D eigenvalue weighted by atomic mass is 9.89. The Morgan fingerprint density at radius 3 is 2.15 bits per heavy atom. The average Bonchev–Trinajstić information content (AvgIpc) is 2.03. The zero-order valence-electron chi connectivity index (χ0n) is 8.66. The quantitative estimate of drug-likeness (QED) is 0.699. The van der Waals surface area contributed by atoms with Crippen LogP contribution in [-0.4, -0.2) is 17.1 Å². The van der Waals surface area contributed by atoms with E-state index >= 15 is 0 Å². The molecule has 0 aliphatic carbocycles. The third-order valence-corrected chi connectivity index (χ3v) is 1.60. The minimum Gasteiger partial charge on any atom is -0.467 e. The summed E-state index contributed by atoms with van der Waals surface area (Å²) >= 11 is 0. The zero-order valence-corrected chi connectivity index (χ0v) is 8.66. The van der Waals surface area contributed by atoms with Gasteiger partial charge >= 0.3 is 6.01 Å². The van der Waals surface area contributed by atoms with Gasteiger partial charge in [0.25, 0.3) is 0 Å².